The highest BCUT2D eigenvalue weighted by molar-refractivity contribution is 6.30. The molecule has 0 aliphatic heterocycles. The van der Waals surface area contributed by atoms with Crippen molar-refractivity contribution < 1.29 is 9.21 Å². The van der Waals surface area contributed by atoms with E-state index in [1.807, 2.05) is 13.8 Å². The fraction of sp³-hybridized carbons (Fsp3) is 0.278. The second-order valence-corrected chi connectivity index (χ2v) is 6.71. The largest absolute Gasteiger partial charge is 0.442 e. The Bertz CT molecular complexity index is 987. The van der Waals surface area contributed by atoms with Crippen LogP contribution in [0.2, 0.25) is 5.02 Å². The molecule has 1 amide bonds. The zero-order chi connectivity index (χ0) is 18.1. The van der Waals surface area contributed by atoms with Gasteiger partial charge in [-0.05, 0) is 37.1 Å². The van der Waals surface area contributed by atoms with Crippen molar-refractivity contribution in [2.24, 2.45) is 5.92 Å². The van der Waals surface area contributed by atoms with Gasteiger partial charge in [-0.1, -0.05) is 25.4 Å². The van der Waals surface area contributed by atoms with Crippen molar-refractivity contribution in [2.75, 3.05) is 5.32 Å². The van der Waals surface area contributed by atoms with Crippen LogP contribution in [-0.4, -0.2) is 15.5 Å². The number of aromatic nitrogens is 2. The number of nitrogens with one attached hydrogen (secondary N) is 1. The van der Waals surface area contributed by atoms with Gasteiger partial charge in [0.25, 0.3) is 11.5 Å². The average molecular weight is 360 g/mol. The third kappa shape index (κ3) is 3.44. The maximum absolute atomic E-state index is 12.8. The molecule has 2 aromatic heterocycles. The van der Waals surface area contributed by atoms with Gasteiger partial charge in [-0.2, -0.15) is 0 Å². The summed E-state index contributed by atoms with van der Waals surface area (Å²) in [6, 6.07) is 6.73. The van der Waals surface area contributed by atoms with E-state index in [1.54, 1.807) is 31.2 Å². The summed E-state index contributed by atoms with van der Waals surface area (Å²) in [4.78, 5) is 29.6. The first-order valence-electron chi connectivity index (χ1n) is 7.92. The molecule has 0 atom stereocenters. The molecule has 0 spiro atoms. The maximum Gasteiger partial charge on any atom is 0.265 e. The highest BCUT2D eigenvalue weighted by Crippen LogP contribution is 2.23. The Morgan fingerprint density at radius 3 is 2.64 bits per heavy atom. The molecule has 0 unspecified atom stereocenters. The van der Waals surface area contributed by atoms with Gasteiger partial charge in [-0.3, -0.25) is 14.2 Å². The summed E-state index contributed by atoms with van der Waals surface area (Å²) < 4.78 is 7.01. The SMILES string of the molecule is Cc1oc2ncn(CC(C)C)c(=O)c2c1C(=O)Nc1ccc(Cl)cc1. The van der Waals surface area contributed by atoms with Crippen LogP contribution in [0.15, 0.2) is 39.8 Å². The molecular formula is C18H18ClN3O3. The maximum atomic E-state index is 12.8. The molecule has 0 radical (unpaired) electrons. The van der Waals surface area contributed by atoms with Crippen LogP contribution in [0.5, 0.6) is 0 Å². The summed E-state index contributed by atoms with van der Waals surface area (Å²) in [6.07, 6.45) is 1.45. The molecule has 0 saturated heterocycles. The fourth-order valence-corrected chi connectivity index (χ4v) is 2.79. The molecule has 130 valence electrons. The Morgan fingerprint density at radius 1 is 1.32 bits per heavy atom. The number of hydrogen-bond donors (Lipinski definition) is 1. The van der Waals surface area contributed by atoms with E-state index >= 15 is 0 Å². The molecule has 0 aliphatic rings. The van der Waals surface area contributed by atoms with Crippen LogP contribution >= 0.6 is 11.6 Å². The fourth-order valence-electron chi connectivity index (χ4n) is 2.66. The second-order valence-electron chi connectivity index (χ2n) is 6.27. The third-order valence-electron chi connectivity index (χ3n) is 3.75. The Balaban J connectivity index is 2.05. The Hall–Kier alpha value is -2.60. The highest BCUT2D eigenvalue weighted by Gasteiger charge is 2.23. The van der Waals surface area contributed by atoms with Crippen LogP contribution in [-0.2, 0) is 6.54 Å². The summed E-state index contributed by atoms with van der Waals surface area (Å²) >= 11 is 5.85. The third-order valence-corrected chi connectivity index (χ3v) is 4.00. The predicted molar refractivity (Wildman–Crippen MR) is 97.2 cm³/mol. The number of nitrogens with zero attached hydrogens (tertiary/aromatic N) is 2. The number of hydrogen-bond acceptors (Lipinski definition) is 4. The number of amides is 1. The zero-order valence-electron chi connectivity index (χ0n) is 14.2. The van der Waals surface area contributed by atoms with Crippen molar-refractivity contribution in [1.29, 1.82) is 0 Å². The van der Waals surface area contributed by atoms with Crippen molar-refractivity contribution in [1.82, 2.24) is 9.55 Å². The Labute approximate surface area is 149 Å². The number of aryl methyl sites for hydroxylation is 1. The minimum atomic E-state index is -0.417. The summed E-state index contributed by atoms with van der Waals surface area (Å²) in [5.41, 5.74) is 0.677. The van der Waals surface area contributed by atoms with Gasteiger partial charge in [-0.25, -0.2) is 4.98 Å². The van der Waals surface area contributed by atoms with Crippen LogP contribution in [0.3, 0.4) is 0 Å². The molecular weight excluding hydrogens is 342 g/mol. The summed E-state index contributed by atoms with van der Waals surface area (Å²) in [6.45, 7) is 6.17. The molecule has 7 heteroatoms. The number of carbonyl (C=O) groups excluding carboxylic acids is 1. The standard InChI is InChI=1S/C18H18ClN3O3/c1-10(2)8-22-9-20-17-15(18(22)24)14(11(3)25-17)16(23)21-13-6-4-12(19)5-7-13/h4-7,9-10H,8H2,1-3H3,(H,21,23). The Morgan fingerprint density at radius 2 is 2.00 bits per heavy atom. The van der Waals surface area contributed by atoms with E-state index in [1.165, 1.54) is 10.9 Å². The number of anilines is 1. The van der Waals surface area contributed by atoms with Gasteiger partial charge in [0.2, 0.25) is 5.71 Å². The molecule has 25 heavy (non-hydrogen) atoms. The van der Waals surface area contributed by atoms with Crippen LogP contribution in [0.25, 0.3) is 11.1 Å². The molecule has 3 aromatic rings. The Kier molecular flexibility index (Phi) is 4.63. The lowest BCUT2D eigenvalue weighted by Crippen LogP contribution is -2.24. The zero-order valence-corrected chi connectivity index (χ0v) is 14.9. The van der Waals surface area contributed by atoms with Gasteiger partial charge < -0.3 is 9.73 Å². The molecule has 1 aromatic carbocycles. The normalized spacial score (nSPS) is 11.2. The quantitative estimate of drug-likeness (QED) is 0.767. The predicted octanol–water partition coefficient (Wildman–Crippen LogP) is 3.86. The minimum absolute atomic E-state index is 0.170. The van der Waals surface area contributed by atoms with Crippen molar-refractivity contribution in [3.63, 3.8) is 0 Å². The molecule has 3 rings (SSSR count). The number of benzene rings is 1. The van der Waals surface area contributed by atoms with Gasteiger partial charge in [-0.15, -0.1) is 0 Å². The molecule has 1 N–H and O–H groups in total. The van der Waals surface area contributed by atoms with Crippen molar-refractivity contribution >= 4 is 34.3 Å². The lowest BCUT2D eigenvalue weighted by Gasteiger charge is -2.08. The number of furan rings is 1. The van der Waals surface area contributed by atoms with Gasteiger partial charge in [0, 0.05) is 17.3 Å². The van der Waals surface area contributed by atoms with E-state index in [9.17, 15) is 9.59 Å². The van der Waals surface area contributed by atoms with Crippen molar-refractivity contribution in [2.45, 2.75) is 27.3 Å². The second kappa shape index (κ2) is 6.72. The molecule has 0 fully saturated rings. The number of rotatable bonds is 4. The van der Waals surface area contributed by atoms with E-state index in [-0.39, 0.29) is 28.1 Å². The van der Waals surface area contributed by atoms with E-state index in [0.29, 0.717) is 23.0 Å². The number of halogens is 1. The van der Waals surface area contributed by atoms with Gasteiger partial charge >= 0.3 is 0 Å². The lowest BCUT2D eigenvalue weighted by atomic mass is 10.1. The van der Waals surface area contributed by atoms with Crippen LogP contribution in [0, 0.1) is 12.8 Å². The average Bonchev–Trinajstić information content (AvgIpc) is 2.89. The first-order valence-corrected chi connectivity index (χ1v) is 8.30. The van der Waals surface area contributed by atoms with Crippen LogP contribution in [0.4, 0.5) is 5.69 Å². The number of fused-ring (bicyclic) bond motifs is 1. The van der Waals surface area contributed by atoms with Crippen LogP contribution < -0.4 is 10.9 Å². The first kappa shape index (κ1) is 17.2. The molecule has 6 nitrogen and oxygen atoms in total. The molecule has 2 heterocycles. The monoisotopic (exact) mass is 359 g/mol. The lowest BCUT2D eigenvalue weighted by molar-refractivity contribution is 0.102. The van der Waals surface area contributed by atoms with E-state index in [4.69, 9.17) is 16.0 Å². The molecule has 0 saturated carbocycles. The smallest absolute Gasteiger partial charge is 0.265 e. The first-order chi connectivity index (χ1) is 11.9. The summed E-state index contributed by atoms with van der Waals surface area (Å²) in [5.74, 6) is 0.212. The summed E-state index contributed by atoms with van der Waals surface area (Å²) in [5, 5.41) is 3.53. The van der Waals surface area contributed by atoms with Gasteiger partial charge in [0.15, 0.2) is 0 Å². The minimum Gasteiger partial charge on any atom is -0.442 e. The van der Waals surface area contributed by atoms with Gasteiger partial charge in [0.05, 0.1) is 5.56 Å². The van der Waals surface area contributed by atoms with E-state index in [2.05, 4.69) is 10.3 Å². The molecule has 0 aliphatic carbocycles. The topological polar surface area (TPSA) is 77.1 Å². The molecule has 0 bridgehead atoms. The van der Waals surface area contributed by atoms with E-state index < -0.39 is 5.91 Å². The van der Waals surface area contributed by atoms with Crippen molar-refractivity contribution in [3.05, 3.63) is 57.3 Å². The number of carbonyl (C=O) groups is 1. The van der Waals surface area contributed by atoms with Crippen molar-refractivity contribution in [3.8, 4) is 0 Å². The van der Waals surface area contributed by atoms with E-state index in [0.717, 1.165) is 0 Å². The van der Waals surface area contributed by atoms with Gasteiger partial charge in [0.1, 0.15) is 17.5 Å². The highest BCUT2D eigenvalue weighted by atomic mass is 35.5. The summed E-state index contributed by atoms with van der Waals surface area (Å²) in [7, 11) is 0. The van der Waals surface area contributed by atoms with Crippen LogP contribution in [0.1, 0.15) is 30.0 Å².